The van der Waals surface area contributed by atoms with E-state index in [1.165, 1.54) is 15.9 Å². The van der Waals surface area contributed by atoms with E-state index in [9.17, 15) is 0 Å². The van der Waals surface area contributed by atoms with Crippen molar-refractivity contribution in [3.05, 3.63) is 127 Å². The largest absolute Gasteiger partial charge is 0.251 e. The van der Waals surface area contributed by atoms with E-state index in [0.717, 1.165) is 33.6 Å². The van der Waals surface area contributed by atoms with E-state index < -0.39 is 7.92 Å². The van der Waals surface area contributed by atoms with E-state index in [4.69, 9.17) is 9.98 Å². The number of hydrogen-bond acceptors (Lipinski definition) is 2. The summed E-state index contributed by atoms with van der Waals surface area (Å²) in [5, 5.41) is 5.07. The van der Waals surface area contributed by atoms with Crippen LogP contribution in [0, 0.1) is 6.92 Å². The van der Waals surface area contributed by atoms with Gasteiger partial charge in [-0.3, -0.25) is 4.99 Å². The molecule has 33 heavy (non-hydrogen) atoms. The van der Waals surface area contributed by atoms with Gasteiger partial charge in [0.15, 0.2) is 0 Å². The molecule has 0 bridgehead atoms. The molecule has 4 aromatic carbocycles. The first kappa shape index (κ1) is 21.2. The van der Waals surface area contributed by atoms with Crippen LogP contribution in [0.4, 0.5) is 5.69 Å². The maximum absolute atomic E-state index is 5.16. The number of rotatable bonds is 5. The van der Waals surface area contributed by atoms with Crippen molar-refractivity contribution < 1.29 is 0 Å². The minimum absolute atomic E-state index is 0.733. The van der Waals surface area contributed by atoms with Gasteiger partial charge in [-0.25, -0.2) is 4.98 Å². The third-order valence-electron chi connectivity index (χ3n) is 5.74. The number of pyridine rings is 1. The third kappa shape index (κ3) is 4.49. The molecule has 0 saturated carbocycles. The number of nitrogens with zero attached hydrogens (tertiary/aromatic N) is 2. The standard InChI is InChI=1S/C30H25N2P/c1-22-12-9-10-18-27(22)31-23(2)28-21-20-24-13-11-19-29(30(24)32-28)33(25-14-5-3-6-15-25)26-16-7-4-8-17-26/h3-21H,1-2H3. The molecule has 0 aliphatic heterocycles. The van der Waals surface area contributed by atoms with Gasteiger partial charge in [0.2, 0.25) is 0 Å². The second-order valence-electron chi connectivity index (χ2n) is 8.04. The number of fused-ring (bicyclic) bond motifs is 1. The van der Waals surface area contributed by atoms with E-state index in [1.54, 1.807) is 0 Å². The Morgan fingerprint density at radius 1 is 0.667 bits per heavy atom. The molecule has 0 aliphatic rings. The highest BCUT2D eigenvalue weighted by Gasteiger charge is 2.19. The molecule has 0 spiro atoms. The fraction of sp³-hybridized carbons (Fsp3) is 0.0667. The summed E-state index contributed by atoms with van der Waals surface area (Å²) >= 11 is 0. The summed E-state index contributed by atoms with van der Waals surface area (Å²) in [6.07, 6.45) is 0. The Morgan fingerprint density at radius 3 is 1.97 bits per heavy atom. The second kappa shape index (κ2) is 9.48. The van der Waals surface area contributed by atoms with Crippen molar-refractivity contribution in [2.24, 2.45) is 4.99 Å². The summed E-state index contributed by atoms with van der Waals surface area (Å²) in [5.74, 6) is 0. The molecule has 0 N–H and O–H groups in total. The second-order valence-corrected chi connectivity index (χ2v) is 10.2. The van der Waals surface area contributed by atoms with Crippen LogP contribution in [0.5, 0.6) is 0 Å². The summed E-state index contributed by atoms with van der Waals surface area (Å²) < 4.78 is 0. The molecule has 0 radical (unpaired) electrons. The van der Waals surface area contributed by atoms with Gasteiger partial charge < -0.3 is 0 Å². The Hall–Kier alpha value is -3.61. The van der Waals surface area contributed by atoms with Crippen LogP contribution in [-0.2, 0) is 0 Å². The van der Waals surface area contributed by atoms with Gasteiger partial charge >= 0.3 is 0 Å². The van der Waals surface area contributed by atoms with Crippen LogP contribution < -0.4 is 15.9 Å². The van der Waals surface area contributed by atoms with Crippen molar-refractivity contribution in [1.82, 2.24) is 4.98 Å². The van der Waals surface area contributed by atoms with Crippen LogP contribution in [0.2, 0.25) is 0 Å². The van der Waals surface area contributed by atoms with E-state index in [0.29, 0.717) is 0 Å². The van der Waals surface area contributed by atoms with Gasteiger partial charge in [-0.15, -0.1) is 0 Å². The third-order valence-corrected chi connectivity index (χ3v) is 8.21. The van der Waals surface area contributed by atoms with Crippen LogP contribution in [0.25, 0.3) is 10.9 Å². The molecular weight excluding hydrogens is 419 g/mol. The predicted octanol–water partition coefficient (Wildman–Crippen LogP) is 6.44. The fourth-order valence-electron chi connectivity index (χ4n) is 4.02. The van der Waals surface area contributed by atoms with Gasteiger partial charge in [0.05, 0.1) is 22.6 Å². The lowest BCUT2D eigenvalue weighted by Gasteiger charge is -2.21. The summed E-state index contributed by atoms with van der Waals surface area (Å²) in [4.78, 5) is 10.0. The Balaban J connectivity index is 1.68. The normalized spacial score (nSPS) is 11.8. The average Bonchev–Trinajstić information content (AvgIpc) is 2.87. The lowest BCUT2D eigenvalue weighted by molar-refractivity contribution is 1.33. The average molecular weight is 445 g/mol. The van der Waals surface area contributed by atoms with E-state index in [2.05, 4.69) is 110 Å². The number of benzene rings is 4. The summed E-state index contributed by atoms with van der Waals surface area (Å²) in [5.41, 5.74) is 5.03. The Labute approximate surface area is 196 Å². The smallest absolute Gasteiger partial charge is 0.0849 e. The number of aryl methyl sites for hydroxylation is 1. The van der Waals surface area contributed by atoms with Crippen molar-refractivity contribution in [3.63, 3.8) is 0 Å². The Morgan fingerprint density at radius 2 is 1.30 bits per heavy atom. The lowest BCUT2D eigenvalue weighted by Crippen LogP contribution is -2.22. The molecule has 3 heteroatoms. The van der Waals surface area contributed by atoms with Crippen LogP contribution >= 0.6 is 7.92 Å². The number of aromatic nitrogens is 1. The van der Waals surface area contributed by atoms with Gasteiger partial charge in [-0.05, 0) is 50.1 Å². The molecule has 0 unspecified atom stereocenters. The topological polar surface area (TPSA) is 25.2 Å². The first-order valence-corrected chi connectivity index (χ1v) is 12.5. The monoisotopic (exact) mass is 444 g/mol. The number of hydrogen-bond donors (Lipinski definition) is 0. The van der Waals surface area contributed by atoms with E-state index in [-0.39, 0.29) is 0 Å². The van der Waals surface area contributed by atoms with E-state index in [1.807, 2.05) is 19.1 Å². The van der Waals surface area contributed by atoms with Crippen molar-refractivity contribution >= 4 is 46.1 Å². The number of para-hydroxylation sites is 2. The predicted molar refractivity (Wildman–Crippen MR) is 143 cm³/mol. The maximum atomic E-state index is 5.16. The molecule has 5 rings (SSSR count). The van der Waals surface area contributed by atoms with Gasteiger partial charge in [-0.2, -0.15) is 0 Å². The first-order chi connectivity index (χ1) is 16.2. The zero-order valence-electron chi connectivity index (χ0n) is 18.8. The summed E-state index contributed by atoms with van der Waals surface area (Å²) in [7, 11) is -0.733. The molecule has 5 aromatic rings. The molecule has 1 aromatic heterocycles. The van der Waals surface area contributed by atoms with Crippen molar-refractivity contribution in [3.8, 4) is 0 Å². The highest BCUT2D eigenvalue weighted by atomic mass is 31.1. The molecule has 0 amide bonds. The maximum Gasteiger partial charge on any atom is 0.0849 e. The quantitative estimate of drug-likeness (QED) is 0.226. The summed E-state index contributed by atoms with van der Waals surface area (Å²) in [6.45, 7) is 4.13. The van der Waals surface area contributed by atoms with Crippen molar-refractivity contribution in [1.29, 1.82) is 0 Å². The molecular formula is C30H25N2P. The lowest BCUT2D eigenvalue weighted by atomic mass is 10.1. The SMILES string of the molecule is CC(=Nc1ccccc1C)c1ccc2cccc(P(c3ccccc3)c3ccccc3)c2n1. The zero-order valence-corrected chi connectivity index (χ0v) is 19.7. The molecule has 0 fully saturated rings. The van der Waals surface area contributed by atoms with Gasteiger partial charge in [0, 0.05) is 10.7 Å². The first-order valence-electron chi connectivity index (χ1n) is 11.1. The van der Waals surface area contributed by atoms with Crippen LogP contribution in [-0.4, -0.2) is 10.7 Å². The van der Waals surface area contributed by atoms with Crippen molar-refractivity contribution in [2.75, 3.05) is 0 Å². The molecule has 160 valence electrons. The Bertz CT molecular complexity index is 1390. The van der Waals surface area contributed by atoms with Gasteiger partial charge in [0.1, 0.15) is 0 Å². The highest BCUT2D eigenvalue weighted by molar-refractivity contribution is 7.80. The molecule has 0 saturated heterocycles. The molecule has 0 aliphatic carbocycles. The van der Waals surface area contributed by atoms with E-state index >= 15 is 0 Å². The van der Waals surface area contributed by atoms with Crippen LogP contribution in [0.15, 0.2) is 120 Å². The van der Waals surface area contributed by atoms with Crippen LogP contribution in [0.1, 0.15) is 18.2 Å². The Kier molecular flexibility index (Phi) is 6.11. The molecule has 2 nitrogen and oxygen atoms in total. The van der Waals surface area contributed by atoms with Gasteiger partial charge in [-0.1, -0.05) is 103 Å². The van der Waals surface area contributed by atoms with Crippen molar-refractivity contribution in [2.45, 2.75) is 13.8 Å². The minimum atomic E-state index is -0.733. The van der Waals surface area contributed by atoms with Crippen LogP contribution in [0.3, 0.4) is 0 Å². The molecule has 1 heterocycles. The molecule has 0 atom stereocenters. The fourth-order valence-corrected chi connectivity index (χ4v) is 6.44. The number of aliphatic imine (C=N–C) groups is 1. The minimum Gasteiger partial charge on any atom is -0.251 e. The highest BCUT2D eigenvalue weighted by Crippen LogP contribution is 2.35. The zero-order chi connectivity index (χ0) is 22.6. The van der Waals surface area contributed by atoms with Gasteiger partial charge in [0.25, 0.3) is 0 Å². The summed E-state index contributed by atoms with van der Waals surface area (Å²) in [6, 6.07) is 40.5.